The molecule has 0 radical (unpaired) electrons. The molecule has 0 saturated carbocycles. The molecule has 0 atom stereocenters. The molecule has 1 aromatic carbocycles. The highest BCUT2D eigenvalue weighted by Gasteiger charge is 2.11. The molecule has 2 N–H and O–H groups in total. The number of anilines is 1. The van der Waals surface area contributed by atoms with Crippen molar-refractivity contribution >= 4 is 38.5 Å². The fraction of sp³-hybridized carbons (Fsp3) is 0.353. The molecule has 2 rings (SSSR count). The molecule has 0 saturated heterocycles. The van der Waals surface area contributed by atoms with Crippen LogP contribution in [-0.2, 0) is 21.2 Å². The van der Waals surface area contributed by atoms with Gasteiger partial charge in [-0.15, -0.1) is 10.2 Å². The van der Waals surface area contributed by atoms with Crippen LogP contribution in [0.4, 0.5) is 5.13 Å². The molecule has 0 aliphatic heterocycles. The normalized spacial score (nSPS) is 12.0. The largest absolute Gasteiger partial charge is 0.300 e. The van der Waals surface area contributed by atoms with Crippen LogP contribution in [0.3, 0.4) is 0 Å². The number of nitrogens with zero attached hydrogens (tertiary/aromatic N) is 2. The second-order valence-electron chi connectivity index (χ2n) is 6.05. The first-order chi connectivity index (χ1) is 12.3. The number of sulfonamides is 1. The van der Waals surface area contributed by atoms with E-state index in [2.05, 4.69) is 34.1 Å². The van der Waals surface area contributed by atoms with Crippen LogP contribution in [-0.4, -0.2) is 31.1 Å². The van der Waals surface area contributed by atoms with Crippen molar-refractivity contribution in [1.29, 1.82) is 0 Å². The number of aromatic nitrogens is 2. The van der Waals surface area contributed by atoms with Gasteiger partial charge in [0, 0.05) is 24.8 Å². The Hall–Kier alpha value is -2.10. The molecule has 140 valence electrons. The first kappa shape index (κ1) is 20.2. The third kappa shape index (κ3) is 7.42. The van der Waals surface area contributed by atoms with E-state index in [4.69, 9.17) is 0 Å². The summed E-state index contributed by atoms with van der Waals surface area (Å²) < 4.78 is 26.2. The van der Waals surface area contributed by atoms with E-state index >= 15 is 0 Å². The van der Waals surface area contributed by atoms with E-state index < -0.39 is 10.0 Å². The van der Waals surface area contributed by atoms with Crippen molar-refractivity contribution in [2.45, 2.75) is 26.7 Å². The van der Waals surface area contributed by atoms with Crippen LogP contribution in [0.25, 0.3) is 6.08 Å². The van der Waals surface area contributed by atoms with Crippen molar-refractivity contribution in [3.05, 3.63) is 46.3 Å². The highest BCUT2D eigenvalue weighted by atomic mass is 32.2. The van der Waals surface area contributed by atoms with Crippen LogP contribution in [0.15, 0.2) is 35.7 Å². The average Bonchev–Trinajstić information content (AvgIpc) is 3.00. The third-order valence-electron chi connectivity index (χ3n) is 3.19. The molecule has 9 heteroatoms. The van der Waals surface area contributed by atoms with Crippen LogP contribution in [0.1, 0.15) is 30.8 Å². The topological polar surface area (TPSA) is 101 Å². The number of nitrogens with one attached hydrogen (secondary N) is 2. The minimum atomic E-state index is -3.59. The maximum Gasteiger partial charge on any atom is 0.233 e. The summed E-state index contributed by atoms with van der Waals surface area (Å²) in [6, 6.07) is 9.10. The Balaban J connectivity index is 1.76. The van der Waals surface area contributed by atoms with Gasteiger partial charge in [-0.3, -0.25) is 4.79 Å². The van der Waals surface area contributed by atoms with Gasteiger partial charge in [-0.2, -0.15) is 0 Å². The lowest BCUT2D eigenvalue weighted by Gasteiger charge is -2.03. The van der Waals surface area contributed by atoms with E-state index in [1.807, 2.05) is 18.2 Å². The van der Waals surface area contributed by atoms with Gasteiger partial charge >= 0.3 is 0 Å². The van der Waals surface area contributed by atoms with Crippen LogP contribution in [0.2, 0.25) is 0 Å². The maximum atomic E-state index is 11.9. The fourth-order valence-corrected chi connectivity index (χ4v) is 3.79. The molecular weight excluding hydrogens is 372 g/mol. The molecule has 0 spiro atoms. The van der Waals surface area contributed by atoms with Crippen molar-refractivity contribution in [2.75, 3.05) is 11.9 Å². The molecule has 0 aliphatic rings. The molecule has 0 fully saturated rings. The summed E-state index contributed by atoms with van der Waals surface area (Å²) in [5.74, 6) is 0.150. The van der Waals surface area contributed by atoms with Crippen molar-refractivity contribution in [3.8, 4) is 0 Å². The Bertz CT molecular complexity index is 846. The summed E-state index contributed by atoms with van der Waals surface area (Å²) in [4.78, 5) is 11.9. The van der Waals surface area contributed by atoms with Gasteiger partial charge in [0.15, 0.2) is 0 Å². The van der Waals surface area contributed by atoms with Gasteiger partial charge in [-0.25, -0.2) is 13.1 Å². The Labute approximate surface area is 157 Å². The van der Waals surface area contributed by atoms with E-state index in [1.165, 1.54) is 17.4 Å². The number of hydrogen-bond donors (Lipinski definition) is 2. The molecule has 0 aliphatic carbocycles. The molecule has 26 heavy (non-hydrogen) atoms. The Morgan fingerprint density at radius 1 is 1.23 bits per heavy atom. The number of carbonyl (C=O) groups is 1. The van der Waals surface area contributed by atoms with Gasteiger partial charge < -0.3 is 5.32 Å². The minimum absolute atomic E-state index is 0.00491. The number of rotatable bonds is 9. The van der Waals surface area contributed by atoms with Crippen LogP contribution in [0.5, 0.6) is 0 Å². The number of benzene rings is 1. The van der Waals surface area contributed by atoms with Crippen molar-refractivity contribution in [2.24, 2.45) is 5.92 Å². The summed E-state index contributed by atoms with van der Waals surface area (Å²) in [5, 5.41) is 12.9. The third-order valence-corrected chi connectivity index (χ3v) is 5.15. The van der Waals surface area contributed by atoms with E-state index in [0.29, 0.717) is 11.0 Å². The average molecular weight is 395 g/mol. The van der Waals surface area contributed by atoms with Gasteiger partial charge in [0.1, 0.15) is 5.01 Å². The quantitative estimate of drug-likeness (QED) is 0.681. The molecule has 1 aromatic heterocycles. The SMILES string of the molecule is CC(C)Cc1nnc(NC(=O)CCNS(=O)(=O)/C=C/c2ccccc2)s1. The summed E-state index contributed by atoms with van der Waals surface area (Å²) in [6.07, 6.45) is 2.32. The van der Waals surface area contributed by atoms with Gasteiger partial charge in [0.05, 0.1) is 0 Å². The van der Waals surface area contributed by atoms with E-state index in [-0.39, 0.29) is 18.9 Å². The molecular formula is C17H22N4O3S2. The molecule has 0 unspecified atom stereocenters. The molecule has 7 nitrogen and oxygen atoms in total. The second kappa shape index (κ2) is 9.56. The van der Waals surface area contributed by atoms with Gasteiger partial charge in [0.2, 0.25) is 21.1 Å². The van der Waals surface area contributed by atoms with Crippen LogP contribution < -0.4 is 10.0 Å². The van der Waals surface area contributed by atoms with Gasteiger partial charge in [-0.05, 0) is 17.6 Å². The molecule has 1 amide bonds. The Morgan fingerprint density at radius 2 is 1.96 bits per heavy atom. The zero-order valence-corrected chi connectivity index (χ0v) is 16.3. The highest BCUT2D eigenvalue weighted by molar-refractivity contribution is 7.92. The number of amides is 1. The standard InChI is InChI=1S/C17H22N4O3S2/c1-13(2)12-16-20-21-17(25-16)19-15(22)8-10-18-26(23,24)11-9-14-6-4-3-5-7-14/h3-7,9,11,13,18H,8,10,12H2,1-2H3,(H,19,21,22)/b11-9+. The molecule has 0 bridgehead atoms. The van der Waals surface area contributed by atoms with Crippen molar-refractivity contribution < 1.29 is 13.2 Å². The summed E-state index contributed by atoms with van der Waals surface area (Å²) >= 11 is 1.33. The maximum absolute atomic E-state index is 11.9. The predicted molar refractivity (Wildman–Crippen MR) is 104 cm³/mol. The van der Waals surface area contributed by atoms with E-state index in [1.54, 1.807) is 12.1 Å². The first-order valence-corrected chi connectivity index (χ1v) is 10.6. The minimum Gasteiger partial charge on any atom is -0.300 e. The zero-order chi connectivity index (χ0) is 19.0. The first-order valence-electron chi connectivity index (χ1n) is 8.19. The smallest absolute Gasteiger partial charge is 0.233 e. The molecule has 2 aromatic rings. The Kier molecular flexibility index (Phi) is 7.43. The monoisotopic (exact) mass is 394 g/mol. The predicted octanol–water partition coefficient (Wildman–Crippen LogP) is 2.66. The number of hydrogen-bond acceptors (Lipinski definition) is 6. The Morgan fingerprint density at radius 3 is 2.65 bits per heavy atom. The van der Waals surface area contributed by atoms with E-state index in [0.717, 1.165) is 22.4 Å². The van der Waals surface area contributed by atoms with E-state index in [9.17, 15) is 13.2 Å². The highest BCUT2D eigenvalue weighted by Crippen LogP contribution is 2.18. The summed E-state index contributed by atoms with van der Waals surface area (Å²) in [7, 11) is -3.59. The van der Waals surface area contributed by atoms with Crippen molar-refractivity contribution in [3.63, 3.8) is 0 Å². The van der Waals surface area contributed by atoms with Crippen LogP contribution in [0, 0.1) is 5.92 Å². The second-order valence-corrected chi connectivity index (χ2v) is 8.76. The summed E-state index contributed by atoms with van der Waals surface area (Å²) in [5.41, 5.74) is 0.782. The van der Waals surface area contributed by atoms with Crippen molar-refractivity contribution in [1.82, 2.24) is 14.9 Å². The number of carbonyl (C=O) groups excluding carboxylic acids is 1. The van der Waals surface area contributed by atoms with Crippen LogP contribution >= 0.6 is 11.3 Å². The molecule has 1 heterocycles. The lowest BCUT2D eigenvalue weighted by atomic mass is 10.1. The fourth-order valence-electron chi connectivity index (χ4n) is 2.00. The zero-order valence-electron chi connectivity index (χ0n) is 14.7. The summed E-state index contributed by atoms with van der Waals surface area (Å²) in [6.45, 7) is 4.17. The van der Waals surface area contributed by atoms with Gasteiger partial charge in [0.25, 0.3) is 0 Å². The lowest BCUT2D eigenvalue weighted by molar-refractivity contribution is -0.116. The van der Waals surface area contributed by atoms with Gasteiger partial charge in [-0.1, -0.05) is 55.5 Å². The lowest BCUT2D eigenvalue weighted by Crippen LogP contribution is -2.26.